The molecule has 0 fully saturated rings. The minimum Gasteiger partial charge on any atom is -0.491 e. The number of nitrogens with two attached hydrogens (primary N) is 2. The van der Waals surface area contributed by atoms with E-state index in [1.807, 2.05) is 24.3 Å². The maximum atomic E-state index is 9.17. The van der Waals surface area contributed by atoms with Gasteiger partial charge in [0.15, 0.2) is 0 Å². The molecule has 0 aliphatic carbocycles. The fraction of sp³-hybridized carbons (Fsp3) is 0.571. The third-order valence-corrected chi connectivity index (χ3v) is 2.92. The highest BCUT2D eigenvalue weighted by Gasteiger charge is 2.03. The summed E-state index contributed by atoms with van der Waals surface area (Å²) < 4.78 is 5.33. The zero-order valence-corrected chi connectivity index (χ0v) is 11.2. The first kappa shape index (κ1) is 15.9. The Hall–Kier alpha value is -1.14. The van der Waals surface area contributed by atoms with Gasteiger partial charge in [0.05, 0.1) is 6.61 Å². The van der Waals surface area contributed by atoms with Crippen LogP contribution in [0.5, 0.6) is 5.75 Å². The second-order valence-corrected chi connectivity index (χ2v) is 4.68. The molecule has 1 aromatic rings. The molecule has 2 unspecified atom stereocenters. The van der Waals surface area contributed by atoms with Crippen LogP contribution in [0.4, 0.5) is 0 Å². The van der Waals surface area contributed by atoms with Gasteiger partial charge in [0.25, 0.3) is 0 Å². The molecule has 1 aromatic carbocycles. The number of rotatable bonds is 9. The van der Waals surface area contributed by atoms with Crippen LogP contribution in [0, 0.1) is 0 Å². The first-order valence-corrected chi connectivity index (χ1v) is 6.62. The molecule has 0 radical (unpaired) electrons. The maximum Gasteiger partial charge on any atom is 0.119 e. The van der Waals surface area contributed by atoms with Crippen LogP contribution in [-0.4, -0.2) is 42.1 Å². The van der Waals surface area contributed by atoms with Crippen molar-refractivity contribution in [3.8, 4) is 5.75 Å². The Morgan fingerprint density at radius 2 is 1.89 bits per heavy atom. The molecule has 0 saturated carbocycles. The lowest BCUT2D eigenvalue weighted by molar-refractivity contribution is 0.0536. The van der Waals surface area contributed by atoms with Crippen molar-refractivity contribution in [1.82, 2.24) is 0 Å². The molecule has 0 aromatic heterocycles. The number of hydrogen-bond acceptors (Lipinski definition) is 5. The molecule has 1 rings (SSSR count). The summed E-state index contributed by atoms with van der Waals surface area (Å²) in [7, 11) is 0. The third kappa shape index (κ3) is 6.54. The molecule has 0 aliphatic rings. The van der Waals surface area contributed by atoms with Crippen LogP contribution in [0.15, 0.2) is 24.3 Å². The van der Waals surface area contributed by atoms with Crippen molar-refractivity contribution < 1.29 is 14.9 Å². The monoisotopic (exact) mass is 268 g/mol. The van der Waals surface area contributed by atoms with Crippen molar-refractivity contribution >= 4 is 0 Å². The lowest BCUT2D eigenvalue weighted by Gasteiger charge is -2.11. The average molecular weight is 268 g/mol. The van der Waals surface area contributed by atoms with Crippen molar-refractivity contribution in [2.24, 2.45) is 11.5 Å². The quantitative estimate of drug-likeness (QED) is 0.506. The smallest absolute Gasteiger partial charge is 0.119 e. The van der Waals surface area contributed by atoms with E-state index in [1.54, 1.807) is 0 Å². The van der Waals surface area contributed by atoms with Gasteiger partial charge in [0, 0.05) is 12.6 Å². The van der Waals surface area contributed by atoms with Gasteiger partial charge in [-0.25, -0.2) is 0 Å². The molecule has 5 nitrogen and oxygen atoms in total. The van der Waals surface area contributed by atoms with Crippen LogP contribution >= 0.6 is 0 Å². The molecule has 2 atom stereocenters. The second kappa shape index (κ2) is 8.87. The predicted octanol–water partition coefficient (Wildman–Crippen LogP) is 0.0273. The fourth-order valence-electron chi connectivity index (χ4n) is 1.68. The van der Waals surface area contributed by atoms with E-state index in [0.29, 0.717) is 12.3 Å². The van der Waals surface area contributed by atoms with E-state index in [1.165, 1.54) is 5.56 Å². The van der Waals surface area contributed by atoms with Crippen molar-refractivity contribution in [3.05, 3.63) is 29.8 Å². The van der Waals surface area contributed by atoms with Crippen molar-refractivity contribution in [2.75, 3.05) is 19.8 Å². The summed E-state index contributed by atoms with van der Waals surface area (Å²) in [5.74, 6) is 0.690. The van der Waals surface area contributed by atoms with E-state index < -0.39 is 6.10 Å². The SMILES string of the molecule is NCC(N)CCCc1ccc(OCC(O)CO)cc1. The molecule has 5 heteroatoms. The lowest BCUT2D eigenvalue weighted by atomic mass is 10.1. The van der Waals surface area contributed by atoms with Crippen LogP contribution in [0.3, 0.4) is 0 Å². The molecule has 0 amide bonds. The highest BCUT2D eigenvalue weighted by Crippen LogP contribution is 2.14. The number of ether oxygens (including phenoxy) is 1. The molecule has 0 bridgehead atoms. The zero-order chi connectivity index (χ0) is 14.1. The minimum atomic E-state index is -0.836. The van der Waals surface area contributed by atoms with Gasteiger partial charge in [-0.05, 0) is 37.0 Å². The lowest BCUT2D eigenvalue weighted by Crippen LogP contribution is -2.29. The Morgan fingerprint density at radius 1 is 1.21 bits per heavy atom. The van der Waals surface area contributed by atoms with Gasteiger partial charge in [-0.3, -0.25) is 0 Å². The summed E-state index contributed by atoms with van der Waals surface area (Å²) in [5, 5.41) is 17.8. The normalized spacial score (nSPS) is 14.1. The van der Waals surface area contributed by atoms with Crippen LogP contribution in [0.2, 0.25) is 0 Å². The maximum absolute atomic E-state index is 9.17. The predicted molar refractivity (Wildman–Crippen MR) is 75.0 cm³/mol. The van der Waals surface area contributed by atoms with E-state index >= 15 is 0 Å². The van der Waals surface area contributed by atoms with E-state index in [0.717, 1.165) is 19.3 Å². The third-order valence-electron chi connectivity index (χ3n) is 2.92. The molecule has 6 N–H and O–H groups in total. The highest BCUT2D eigenvalue weighted by atomic mass is 16.5. The number of hydrogen-bond donors (Lipinski definition) is 4. The van der Waals surface area contributed by atoms with Crippen LogP contribution < -0.4 is 16.2 Å². The molecule has 108 valence electrons. The fourth-order valence-corrected chi connectivity index (χ4v) is 1.68. The van der Waals surface area contributed by atoms with E-state index in [9.17, 15) is 0 Å². The van der Waals surface area contributed by atoms with E-state index in [2.05, 4.69) is 0 Å². The highest BCUT2D eigenvalue weighted by molar-refractivity contribution is 5.27. The van der Waals surface area contributed by atoms with Gasteiger partial charge >= 0.3 is 0 Å². The number of aliphatic hydroxyl groups excluding tert-OH is 2. The number of benzene rings is 1. The standard InChI is InChI=1S/C14H24N2O3/c15-8-12(16)3-1-2-11-4-6-14(7-5-11)19-10-13(18)9-17/h4-7,12-13,17-18H,1-3,8-10,15-16H2. The van der Waals surface area contributed by atoms with Gasteiger partial charge in [-0.15, -0.1) is 0 Å². The Balaban J connectivity index is 2.31. The Bertz CT molecular complexity index is 343. The Kier molecular flexibility index (Phi) is 7.43. The van der Waals surface area contributed by atoms with E-state index in [4.69, 9.17) is 26.4 Å². The summed E-state index contributed by atoms with van der Waals surface area (Å²) in [6.45, 7) is 0.334. The van der Waals surface area contributed by atoms with Gasteiger partial charge in [0.2, 0.25) is 0 Å². The zero-order valence-electron chi connectivity index (χ0n) is 11.2. The van der Waals surface area contributed by atoms with Crippen molar-refractivity contribution in [1.29, 1.82) is 0 Å². The summed E-state index contributed by atoms with van der Waals surface area (Å²) in [4.78, 5) is 0. The van der Waals surface area contributed by atoms with Gasteiger partial charge in [-0.2, -0.15) is 0 Å². The average Bonchev–Trinajstić information content (AvgIpc) is 2.45. The van der Waals surface area contributed by atoms with Gasteiger partial charge < -0.3 is 26.4 Å². The molecule has 0 aliphatic heterocycles. The molecule has 0 heterocycles. The summed E-state index contributed by atoms with van der Waals surface area (Å²) in [6.07, 6.45) is 2.07. The van der Waals surface area contributed by atoms with Crippen molar-refractivity contribution in [3.63, 3.8) is 0 Å². The first-order chi connectivity index (χ1) is 9.15. The minimum absolute atomic E-state index is 0.0857. The molecular weight excluding hydrogens is 244 g/mol. The van der Waals surface area contributed by atoms with Gasteiger partial charge in [0.1, 0.15) is 18.5 Å². The molecule has 0 spiro atoms. The summed E-state index contributed by atoms with van der Waals surface area (Å²) in [5.41, 5.74) is 12.4. The Labute approximate surface area is 114 Å². The van der Waals surface area contributed by atoms with Crippen LogP contribution in [-0.2, 0) is 6.42 Å². The number of aliphatic hydroxyl groups is 2. The first-order valence-electron chi connectivity index (χ1n) is 6.62. The Morgan fingerprint density at radius 3 is 2.47 bits per heavy atom. The largest absolute Gasteiger partial charge is 0.491 e. The molecular formula is C14H24N2O3. The van der Waals surface area contributed by atoms with Gasteiger partial charge in [-0.1, -0.05) is 12.1 Å². The van der Waals surface area contributed by atoms with E-state index in [-0.39, 0.29) is 19.3 Å². The second-order valence-electron chi connectivity index (χ2n) is 4.68. The number of aryl methyl sites for hydroxylation is 1. The summed E-state index contributed by atoms with van der Waals surface area (Å²) in [6, 6.07) is 7.80. The van der Waals surface area contributed by atoms with Crippen molar-refractivity contribution in [2.45, 2.75) is 31.4 Å². The topological polar surface area (TPSA) is 102 Å². The molecule has 19 heavy (non-hydrogen) atoms. The van der Waals surface area contributed by atoms with Crippen LogP contribution in [0.1, 0.15) is 18.4 Å². The van der Waals surface area contributed by atoms with Crippen LogP contribution in [0.25, 0.3) is 0 Å². The molecule has 0 saturated heterocycles. The summed E-state index contributed by atoms with van der Waals surface area (Å²) >= 11 is 0.